The Bertz CT molecular complexity index is 726. The highest BCUT2D eigenvalue weighted by atomic mass is 35.5. The minimum Gasteiger partial charge on any atom is -0.466 e. The lowest BCUT2D eigenvalue weighted by Gasteiger charge is -2.17. The zero-order valence-corrected chi connectivity index (χ0v) is 15.1. The summed E-state index contributed by atoms with van der Waals surface area (Å²) >= 11 is 6.07. The first kappa shape index (κ1) is 19.0. The number of rotatable bonds is 6. The zero-order valence-electron chi connectivity index (χ0n) is 14.4. The molecule has 25 heavy (non-hydrogen) atoms. The van der Waals surface area contributed by atoms with E-state index in [1.165, 1.54) is 13.2 Å². The quantitative estimate of drug-likeness (QED) is 0.600. The van der Waals surface area contributed by atoms with Crippen molar-refractivity contribution in [3.05, 3.63) is 40.4 Å². The Morgan fingerprint density at radius 2 is 1.96 bits per heavy atom. The summed E-state index contributed by atoms with van der Waals surface area (Å²) in [5.41, 5.74) is 1.30. The third-order valence-corrected chi connectivity index (χ3v) is 4.27. The molecule has 1 unspecified atom stereocenters. The minimum atomic E-state index is -0.640. The molecule has 1 saturated carbocycles. The second-order valence-electron chi connectivity index (χ2n) is 6.09. The number of esters is 1. The lowest BCUT2D eigenvalue weighted by atomic mass is 10.1. The van der Waals surface area contributed by atoms with Crippen LogP contribution in [0.2, 0.25) is 5.02 Å². The highest BCUT2D eigenvalue weighted by molar-refractivity contribution is 6.31. The number of hydrogen-bond donors (Lipinski definition) is 2. The number of halogens is 1. The number of amides is 2. The third-order valence-electron chi connectivity index (χ3n) is 4.05. The van der Waals surface area contributed by atoms with Crippen LogP contribution in [-0.4, -0.2) is 30.9 Å². The highest BCUT2D eigenvalue weighted by Crippen LogP contribution is 2.33. The standard InChI is InChI=1S/C18H21ClN2O4/c1-10-8-13(19)9-14(18(24)20-11(2)12-4-5-12)17(10)21-15(22)6-7-16(23)25-3/h6-9,11-12H,4-5H2,1-3H3,(H,20,24)(H,21,22). The van der Waals surface area contributed by atoms with Gasteiger partial charge in [0, 0.05) is 23.2 Å². The Labute approximate surface area is 151 Å². The molecule has 2 amide bonds. The fraction of sp³-hybridized carbons (Fsp3) is 0.389. The number of methoxy groups -OCH3 is 1. The van der Waals surface area contributed by atoms with Crippen LogP contribution in [0.3, 0.4) is 0 Å². The Kier molecular flexibility index (Phi) is 6.20. The average molecular weight is 365 g/mol. The monoisotopic (exact) mass is 364 g/mol. The molecule has 0 aliphatic heterocycles. The summed E-state index contributed by atoms with van der Waals surface area (Å²) in [5, 5.41) is 5.98. The first-order chi connectivity index (χ1) is 11.8. The average Bonchev–Trinajstić information content (AvgIpc) is 3.39. The molecule has 6 nitrogen and oxygen atoms in total. The topological polar surface area (TPSA) is 84.5 Å². The van der Waals surface area contributed by atoms with Crippen LogP contribution >= 0.6 is 11.6 Å². The second kappa shape index (κ2) is 8.16. The molecule has 7 heteroatoms. The molecule has 1 aliphatic carbocycles. The van der Waals surface area contributed by atoms with Crippen molar-refractivity contribution in [1.29, 1.82) is 0 Å². The fourth-order valence-corrected chi connectivity index (χ4v) is 2.74. The van der Waals surface area contributed by atoms with E-state index >= 15 is 0 Å². The summed E-state index contributed by atoms with van der Waals surface area (Å²) in [5.74, 6) is -0.971. The van der Waals surface area contributed by atoms with E-state index in [1.807, 2.05) is 6.92 Å². The third kappa shape index (κ3) is 5.32. The van der Waals surface area contributed by atoms with E-state index in [4.69, 9.17) is 11.6 Å². The summed E-state index contributed by atoms with van der Waals surface area (Å²) in [7, 11) is 1.22. The molecular formula is C18H21ClN2O4. The number of nitrogens with one attached hydrogen (secondary N) is 2. The summed E-state index contributed by atoms with van der Waals surface area (Å²) in [6.07, 6.45) is 4.28. The van der Waals surface area contributed by atoms with Crippen LogP contribution < -0.4 is 10.6 Å². The van der Waals surface area contributed by atoms with E-state index in [0.717, 1.165) is 25.0 Å². The van der Waals surface area contributed by atoms with Gasteiger partial charge in [0.25, 0.3) is 5.91 Å². The number of ether oxygens (including phenoxy) is 1. The van der Waals surface area contributed by atoms with Crippen LogP contribution in [0.1, 0.15) is 35.7 Å². The summed E-state index contributed by atoms with van der Waals surface area (Å²) < 4.78 is 4.44. The van der Waals surface area contributed by atoms with Crippen molar-refractivity contribution in [2.45, 2.75) is 32.7 Å². The molecule has 134 valence electrons. The van der Waals surface area contributed by atoms with Crippen LogP contribution in [0.5, 0.6) is 0 Å². The van der Waals surface area contributed by atoms with E-state index < -0.39 is 11.9 Å². The molecule has 1 aromatic carbocycles. The van der Waals surface area contributed by atoms with Gasteiger partial charge in [-0.3, -0.25) is 9.59 Å². The lowest BCUT2D eigenvalue weighted by Crippen LogP contribution is -2.34. The van der Waals surface area contributed by atoms with Crippen molar-refractivity contribution in [3.63, 3.8) is 0 Å². The SMILES string of the molecule is COC(=O)C=CC(=O)Nc1c(C)cc(Cl)cc1C(=O)NC(C)C1CC1. The van der Waals surface area contributed by atoms with E-state index in [-0.39, 0.29) is 17.5 Å². The number of hydrogen-bond acceptors (Lipinski definition) is 4. The lowest BCUT2D eigenvalue weighted by molar-refractivity contribution is -0.135. The van der Waals surface area contributed by atoms with Gasteiger partial charge in [-0.1, -0.05) is 11.6 Å². The summed E-state index contributed by atoms with van der Waals surface area (Å²) in [6.45, 7) is 3.71. The zero-order chi connectivity index (χ0) is 18.6. The van der Waals surface area contributed by atoms with Crippen LogP contribution in [0.25, 0.3) is 0 Å². The molecule has 0 radical (unpaired) electrons. The van der Waals surface area contributed by atoms with Crippen molar-refractivity contribution in [1.82, 2.24) is 5.32 Å². The van der Waals surface area contributed by atoms with Gasteiger partial charge in [0.05, 0.1) is 18.4 Å². The van der Waals surface area contributed by atoms with Crippen molar-refractivity contribution >= 4 is 35.1 Å². The number of benzene rings is 1. The van der Waals surface area contributed by atoms with Gasteiger partial charge in [0.2, 0.25) is 5.91 Å². The molecule has 1 atom stereocenters. The first-order valence-electron chi connectivity index (χ1n) is 7.99. The maximum absolute atomic E-state index is 12.6. The van der Waals surface area contributed by atoms with Crippen LogP contribution in [0.15, 0.2) is 24.3 Å². The first-order valence-corrected chi connectivity index (χ1v) is 8.37. The van der Waals surface area contributed by atoms with E-state index in [0.29, 0.717) is 22.2 Å². The van der Waals surface area contributed by atoms with Crippen molar-refractivity contribution < 1.29 is 19.1 Å². The molecule has 0 heterocycles. The van der Waals surface area contributed by atoms with Crippen LogP contribution in [0.4, 0.5) is 5.69 Å². The van der Waals surface area contributed by atoms with Gasteiger partial charge in [0.15, 0.2) is 0 Å². The molecule has 1 aromatic rings. The molecule has 2 rings (SSSR count). The largest absolute Gasteiger partial charge is 0.466 e. The van der Waals surface area contributed by atoms with Crippen molar-refractivity contribution in [2.75, 3.05) is 12.4 Å². The fourth-order valence-electron chi connectivity index (χ4n) is 2.46. The summed E-state index contributed by atoms with van der Waals surface area (Å²) in [6, 6.07) is 3.24. The predicted molar refractivity (Wildman–Crippen MR) is 95.6 cm³/mol. The van der Waals surface area contributed by atoms with E-state index in [9.17, 15) is 14.4 Å². The van der Waals surface area contributed by atoms with Crippen molar-refractivity contribution in [2.24, 2.45) is 5.92 Å². The highest BCUT2D eigenvalue weighted by Gasteiger charge is 2.29. The maximum Gasteiger partial charge on any atom is 0.330 e. The Morgan fingerprint density at radius 1 is 1.28 bits per heavy atom. The number of aryl methyl sites for hydroxylation is 1. The molecule has 0 aromatic heterocycles. The number of anilines is 1. The van der Waals surface area contributed by atoms with Gasteiger partial charge in [-0.25, -0.2) is 4.79 Å². The van der Waals surface area contributed by atoms with Gasteiger partial charge in [-0.15, -0.1) is 0 Å². The normalized spacial score (nSPS) is 14.9. The van der Waals surface area contributed by atoms with Crippen molar-refractivity contribution in [3.8, 4) is 0 Å². The maximum atomic E-state index is 12.6. The molecule has 1 fully saturated rings. The van der Waals surface area contributed by atoms with E-state index in [1.54, 1.807) is 13.0 Å². The molecule has 1 aliphatic rings. The van der Waals surface area contributed by atoms with Gasteiger partial charge in [-0.05, 0) is 50.3 Å². The predicted octanol–water partition coefficient (Wildman–Crippen LogP) is 2.84. The van der Waals surface area contributed by atoms with Gasteiger partial charge < -0.3 is 15.4 Å². The van der Waals surface area contributed by atoms with Gasteiger partial charge in [-0.2, -0.15) is 0 Å². The van der Waals surface area contributed by atoms with Gasteiger partial charge in [0.1, 0.15) is 0 Å². The summed E-state index contributed by atoms with van der Waals surface area (Å²) in [4.78, 5) is 35.7. The minimum absolute atomic E-state index is 0.0644. The number of carbonyl (C=O) groups excluding carboxylic acids is 3. The van der Waals surface area contributed by atoms with Gasteiger partial charge >= 0.3 is 5.97 Å². The molecule has 0 bridgehead atoms. The smallest absolute Gasteiger partial charge is 0.330 e. The van der Waals surface area contributed by atoms with Crippen LogP contribution in [0, 0.1) is 12.8 Å². The Morgan fingerprint density at radius 3 is 2.56 bits per heavy atom. The Hall–Kier alpha value is -2.34. The van der Waals surface area contributed by atoms with E-state index in [2.05, 4.69) is 15.4 Å². The Balaban J connectivity index is 2.21. The second-order valence-corrected chi connectivity index (χ2v) is 6.53. The van der Waals surface area contributed by atoms with Crippen LogP contribution in [-0.2, 0) is 14.3 Å². The molecule has 0 saturated heterocycles. The molecule has 2 N–H and O–H groups in total. The molecular weight excluding hydrogens is 344 g/mol. The molecule has 0 spiro atoms. The number of carbonyl (C=O) groups is 3.